The molecule has 3 rings (SSSR count). The van der Waals surface area contributed by atoms with Gasteiger partial charge in [0.1, 0.15) is 5.82 Å². The third kappa shape index (κ3) is 3.77. The molecule has 1 N–H and O–H groups in total. The summed E-state index contributed by atoms with van der Waals surface area (Å²) in [6.45, 7) is 5.99. The lowest BCUT2D eigenvalue weighted by Crippen LogP contribution is -2.48. The molecule has 2 aromatic rings. The highest BCUT2D eigenvalue weighted by atomic mass is 19.1. The average Bonchev–Trinajstić information content (AvgIpc) is 2.67. The van der Waals surface area contributed by atoms with Crippen molar-refractivity contribution < 1.29 is 19.1 Å². The molecule has 0 atom stereocenters. The summed E-state index contributed by atoms with van der Waals surface area (Å²) < 4.78 is 14.3. The van der Waals surface area contributed by atoms with E-state index in [2.05, 4.69) is 4.98 Å². The normalized spacial score (nSPS) is 16.1. The summed E-state index contributed by atoms with van der Waals surface area (Å²) in [6, 6.07) is 8.61. The van der Waals surface area contributed by atoms with E-state index in [4.69, 9.17) is 0 Å². The lowest BCUT2D eigenvalue weighted by molar-refractivity contribution is -0.151. The topological polar surface area (TPSA) is 70.5 Å². The van der Waals surface area contributed by atoms with Gasteiger partial charge < -0.3 is 10.0 Å². The molecule has 0 aliphatic carbocycles. The monoisotopic (exact) mass is 384 g/mol. The maximum Gasteiger partial charge on any atom is 0.310 e. The van der Waals surface area contributed by atoms with Crippen LogP contribution in [0.5, 0.6) is 0 Å². The van der Waals surface area contributed by atoms with Gasteiger partial charge in [-0.3, -0.25) is 14.6 Å². The van der Waals surface area contributed by atoms with E-state index in [1.807, 2.05) is 26.0 Å². The van der Waals surface area contributed by atoms with Crippen molar-refractivity contribution in [2.45, 2.75) is 40.0 Å². The Kier molecular flexibility index (Phi) is 5.49. The van der Waals surface area contributed by atoms with E-state index < -0.39 is 17.2 Å². The molecule has 0 radical (unpaired) electrons. The molecule has 28 heavy (non-hydrogen) atoms. The number of piperidine rings is 1. The lowest BCUT2D eigenvalue weighted by Gasteiger charge is -2.39. The number of carboxylic acids is 1. The summed E-state index contributed by atoms with van der Waals surface area (Å²) in [4.78, 5) is 30.9. The van der Waals surface area contributed by atoms with Crippen LogP contribution >= 0.6 is 0 Å². The summed E-state index contributed by atoms with van der Waals surface area (Å²) in [5, 5.41) is 9.94. The Morgan fingerprint density at radius 3 is 2.43 bits per heavy atom. The zero-order chi connectivity index (χ0) is 20.5. The van der Waals surface area contributed by atoms with Crippen LogP contribution in [0.1, 0.15) is 45.7 Å². The number of nitrogens with zero attached hydrogens (tertiary/aromatic N) is 2. The quantitative estimate of drug-likeness (QED) is 0.873. The van der Waals surface area contributed by atoms with Crippen LogP contribution in [0.2, 0.25) is 0 Å². The van der Waals surface area contributed by atoms with Crippen LogP contribution in [0, 0.1) is 32.0 Å². The fourth-order valence-electron chi connectivity index (χ4n) is 3.77. The molecule has 1 aliphatic rings. The molecule has 0 unspecified atom stereocenters. The predicted molar refractivity (Wildman–Crippen MR) is 104 cm³/mol. The number of hydrogen-bond acceptors (Lipinski definition) is 3. The second-order valence-electron chi connectivity index (χ2n) is 7.71. The molecule has 0 saturated carbocycles. The first kappa shape index (κ1) is 20.0. The van der Waals surface area contributed by atoms with E-state index >= 15 is 0 Å². The van der Waals surface area contributed by atoms with Crippen LogP contribution in [0.3, 0.4) is 0 Å². The van der Waals surface area contributed by atoms with Crippen molar-refractivity contribution in [1.82, 2.24) is 9.88 Å². The van der Waals surface area contributed by atoms with Crippen LogP contribution in [0.15, 0.2) is 30.3 Å². The Morgan fingerprint density at radius 1 is 1.11 bits per heavy atom. The van der Waals surface area contributed by atoms with E-state index in [0.29, 0.717) is 24.8 Å². The highest BCUT2D eigenvalue weighted by Crippen LogP contribution is 2.36. The second-order valence-corrected chi connectivity index (χ2v) is 7.71. The van der Waals surface area contributed by atoms with Gasteiger partial charge in [0.25, 0.3) is 5.91 Å². The van der Waals surface area contributed by atoms with E-state index in [0.717, 1.165) is 17.0 Å². The molecule has 5 nitrogen and oxygen atoms in total. The molecule has 1 saturated heterocycles. The van der Waals surface area contributed by atoms with Crippen LogP contribution < -0.4 is 0 Å². The van der Waals surface area contributed by atoms with Gasteiger partial charge in [0.2, 0.25) is 0 Å². The van der Waals surface area contributed by atoms with Crippen LogP contribution in [0.4, 0.5) is 4.39 Å². The van der Waals surface area contributed by atoms with Crippen LogP contribution in [-0.4, -0.2) is 40.0 Å². The standard InChI is InChI=1S/C22H25FN2O3/c1-14-7-8-16(3)24-18(14)13-22(21(27)28)9-11-25(12-10-22)20(26)17-6-4-5-15(2)19(17)23/h4-8H,9-13H2,1-3H3,(H,27,28). The molecular formula is C22H25FN2O3. The lowest BCUT2D eigenvalue weighted by atomic mass is 9.74. The molecule has 2 heterocycles. The minimum Gasteiger partial charge on any atom is -0.481 e. The van der Waals surface area contributed by atoms with Crippen molar-refractivity contribution in [3.63, 3.8) is 0 Å². The van der Waals surface area contributed by atoms with E-state index in [9.17, 15) is 19.1 Å². The van der Waals surface area contributed by atoms with E-state index in [1.165, 1.54) is 6.07 Å². The first-order valence-electron chi connectivity index (χ1n) is 9.44. The number of hydrogen-bond donors (Lipinski definition) is 1. The van der Waals surface area contributed by atoms with Crippen molar-refractivity contribution in [3.05, 3.63) is 64.2 Å². The summed E-state index contributed by atoms with van der Waals surface area (Å²) in [5.41, 5.74) is 2.10. The Labute approximate surface area is 164 Å². The van der Waals surface area contributed by atoms with Gasteiger partial charge in [0, 0.05) is 30.9 Å². The fraction of sp³-hybridized carbons (Fsp3) is 0.409. The molecule has 1 fully saturated rings. The third-order valence-electron chi connectivity index (χ3n) is 5.73. The number of halogens is 1. The molecule has 1 aromatic carbocycles. The highest BCUT2D eigenvalue weighted by Gasteiger charge is 2.43. The van der Waals surface area contributed by atoms with Crippen molar-refractivity contribution in [2.75, 3.05) is 13.1 Å². The number of benzene rings is 1. The number of carbonyl (C=O) groups is 2. The number of amides is 1. The molecule has 0 spiro atoms. The van der Waals surface area contributed by atoms with Gasteiger partial charge in [-0.2, -0.15) is 0 Å². The maximum absolute atomic E-state index is 14.3. The smallest absolute Gasteiger partial charge is 0.310 e. The zero-order valence-corrected chi connectivity index (χ0v) is 16.5. The van der Waals surface area contributed by atoms with Gasteiger partial charge in [-0.1, -0.05) is 18.2 Å². The van der Waals surface area contributed by atoms with Gasteiger partial charge in [-0.25, -0.2) is 4.39 Å². The number of carbonyl (C=O) groups excluding carboxylic acids is 1. The first-order chi connectivity index (χ1) is 13.2. The molecular weight excluding hydrogens is 359 g/mol. The van der Waals surface area contributed by atoms with Crippen molar-refractivity contribution in [3.8, 4) is 0 Å². The minimum atomic E-state index is -0.965. The first-order valence-corrected chi connectivity index (χ1v) is 9.44. The number of aromatic nitrogens is 1. The van der Waals surface area contributed by atoms with Gasteiger partial charge in [0.15, 0.2) is 0 Å². The summed E-state index contributed by atoms with van der Waals surface area (Å²) in [6.07, 6.45) is 0.962. The average molecular weight is 384 g/mol. The van der Waals surface area contributed by atoms with Crippen LogP contribution in [-0.2, 0) is 11.2 Å². The van der Waals surface area contributed by atoms with Gasteiger partial charge in [0.05, 0.1) is 11.0 Å². The Bertz CT molecular complexity index is 918. The number of aryl methyl sites for hydroxylation is 3. The third-order valence-corrected chi connectivity index (χ3v) is 5.73. The summed E-state index contributed by atoms with van der Waals surface area (Å²) in [5.74, 6) is -1.77. The number of pyridine rings is 1. The Morgan fingerprint density at radius 2 is 1.79 bits per heavy atom. The summed E-state index contributed by atoms with van der Waals surface area (Å²) in [7, 11) is 0. The number of carboxylic acid groups (broad SMARTS) is 1. The molecule has 1 amide bonds. The molecule has 148 valence electrons. The largest absolute Gasteiger partial charge is 0.481 e. The molecule has 0 bridgehead atoms. The van der Waals surface area contributed by atoms with Gasteiger partial charge in [-0.05, 0) is 56.9 Å². The molecule has 6 heteroatoms. The SMILES string of the molecule is Cc1ccc(C)c(CC2(C(=O)O)CCN(C(=O)c3cccc(C)c3F)CC2)n1. The maximum atomic E-state index is 14.3. The van der Waals surface area contributed by atoms with Crippen LogP contribution in [0.25, 0.3) is 0 Å². The number of likely N-dealkylation sites (tertiary alicyclic amines) is 1. The van der Waals surface area contributed by atoms with Gasteiger partial charge in [-0.15, -0.1) is 0 Å². The predicted octanol–water partition coefficient (Wildman–Crippen LogP) is 3.70. The number of rotatable bonds is 4. The second kappa shape index (κ2) is 7.70. The van der Waals surface area contributed by atoms with Crippen molar-refractivity contribution in [1.29, 1.82) is 0 Å². The molecule has 1 aliphatic heterocycles. The zero-order valence-electron chi connectivity index (χ0n) is 16.5. The Hall–Kier alpha value is -2.76. The number of aliphatic carboxylic acids is 1. The van der Waals surface area contributed by atoms with E-state index in [1.54, 1.807) is 24.0 Å². The fourth-order valence-corrected chi connectivity index (χ4v) is 3.77. The summed E-state index contributed by atoms with van der Waals surface area (Å²) >= 11 is 0. The molecule has 1 aromatic heterocycles. The van der Waals surface area contributed by atoms with E-state index in [-0.39, 0.29) is 24.6 Å². The minimum absolute atomic E-state index is 0.0408. The Balaban J connectivity index is 1.79. The van der Waals surface area contributed by atoms with Crippen molar-refractivity contribution >= 4 is 11.9 Å². The van der Waals surface area contributed by atoms with Gasteiger partial charge >= 0.3 is 5.97 Å². The van der Waals surface area contributed by atoms with Crippen molar-refractivity contribution in [2.24, 2.45) is 5.41 Å². The highest BCUT2D eigenvalue weighted by molar-refractivity contribution is 5.95.